The van der Waals surface area contributed by atoms with Gasteiger partial charge in [0.2, 0.25) is 0 Å². The predicted molar refractivity (Wildman–Crippen MR) is 72.1 cm³/mol. The Hall–Kier alpha value is -1.35. The number of fused-ring (bicyclic) bond motifs is 1. The maximum atomic E-state index is 6.09. The molecule has 0 saturated heterocycles. The molecule has 0 radical (unpaired) electrons. The normalized spacial score (nSPS) is 14.2. The van der Waals surface area contributed by atoms with E-state index in [-0.39, 0.29) is 11.5 Å². The summed E-state index contributed by atoms with van der Waals surface area (Å²) in [5.74, 6) is 1.08. The molecule has 0 aliphatic rings. The van der Waals surface area contributed by atoms with E-state index in [0.717, 1.165) is 17.9 Å². The number of hydrogen-bond acceptors (Lipinski definition) is 2. The molecular weight excluding hydrogens is 210 g/mol. The van der Waals surface area contributed by atoms with E-state index in [0.29, 0.717) is 0 Å². The summed E-state index contributed by atoms with van der Waals surface area (Å²) in [5, 5.41) is 0. The average Bonchev–Trinajstić information content (AvgIpc) is 2.67. The standard InChI is InChI=1S/C14H21N3/c1-5-17-12-9-7-6-8-11(12)16-13(17)14(3,4)10(2)15/h6-10H,5,15H2,1-4H3. The van der Waals surface area contributed by atoms with Crippen LogP contribution < -0.4 is 5.73 Å². The molecule has 17 heavy (non-hydrogen) atoms. The van der Waals surface area contributed by atoms with E-state index in [9.17, 15) is 0 Å². The van der Waals surface area contributed by atoms with E-state index >= 15 is 0 Å². The van der Waals surface area contributed by atoms with Crippen LogP contribution in [0.15, 0.2) is 24.3 Å². The van der Waals surface area contributed by atoms with Crippen LogP contribution in [-0.2, 0) is 12.0 Å². The maximum absolute atomic E-state index is 6.09. The second kappa shape index (κ2) is 4.15. The largest absolute Gasteiger partial charge is 0.328 e. The van der Waals surface area contributed by atoms with Gasteiger partial charge >= 0.3 is 0 Å². The van der Waals surface area contributed by atoms with Gasteiger partial charge < -0.3 is 10.3 Å². The molecule has 2 N–H and O–H groups in total. The highest BCUT2D eigenvalue weighted by atomic mass is 15.1. The summed E-state index contributed by atoms with van der Waals surface area (Å²) in [6.45, 7) is 9.43. The molecular formula is C14H21N3. The second-order valence-corrected chi connectivity index (χ2v) is 5.18. The van der Waals surface area contributed by atoms with E-state index < -0.39 is 0 Å². The van der Waals surface area contributed by atoms with Crippen molar-refractivity contribution in [1.29, 1.82) is 0 Å². The Morgan fingerprint density at radius 3 is 2.59 bits per heavy atom. The minimum atomic E-state index is -0.116. The number of imidazole rings is 1. The molecule has 3 heteroatoms. The molecule has 1 unspecified atom stereocenters. The smallest absolute Gasteiger partial charge is 0.117 e. The van der Waals surface area contributed by atoms with Crippen LogP contribution in [0.3, 0.4) is 0 Å². The van der Waals surface area contributed by atoms with E-state index in [4.69, 9.17) is 10.7 Å². The molecule has 1 heterocycles. The first-order valence-corrected chi connectivity index (χ1v) is 6.19. The van der Waals surface area contributed by atoms with Gasteiger partial charge in [0.25, 0.3) is 0 Å². The van der Waals surface area contributed by atoms with Crippen LogP contribution in [0.2, 0.25) is 0 Å². The molecule has 0 aliphatic carbocycles. The van der Waals surface area contributed by atoms with Crippen molar-refractivity contribution in [2.45, 2.75) is 45.7 Å². The van der Waals surface area contributed by atoms with Gasteiger partial charge in [0.15, 0.2) is 0 Å². The lowest BCUT2D eigenvalue weighted by atomic mass is 9.85. The van der Waals surface area contributed by atoms with Crippen molar-refractivity contribution in [1.82, 2.24) is 9.55 Å². The first-order chi connectivity index (χ1) is 7.98. The molecule has 2 rings (SSSR count). The number of aryl methyl sites for hydroxylation is 1. The molecule has 1 aromatic heterocycles. The number of para-hydroxylation sites is 2. The van der Waals surface area contributed by atoms with Crippen molar-refractivity contribution in [3.8, 4) is 0 Å². The predicted octanol–water partition coefficient (Wildman–Crippen LogP) is 2.68. The fourth-order valence-electron chi connectivity index (χ4n) is 2.09. The van der Waals surface area contributed by atoms with Crippen molar-refractivity contribution in [2.24, 2.45) is 5.73 Å². The fraction of sp³-hybridized carbons (Fsp3) is 0.500. The lowest BCUT2D eigenvalue weighted by molar-refractivity contribution is 0.394. The molecule has 3 nitrogen and oxygen atoms in total. The summed E-state index contributed by atoms with van der Waals surface area (Å²) in [4.78, 5) is 4.76. The minimum absolute atomic E-state index is 0.0737. The Labute approximate surface area is 103 Å². The summed E-state index contributed by atoms with van der Waals surface area (Å²) >= 11 is 0. The number of nitrogens with zero attached hydrogens (tertiary/aromatic N) is 2. The van der Waals surface area contributed by atoms with Crippen molar-refractivity contribution >= 4 is 11.0 Å². The zero-order chi connectivity index (χ0) is 12.6. The number of aromatic nitrogens is 2. The average molecular weight is 231 g/mol. The SMILES string of the molecule is CCn1c(C(C)(C)C(C)N)nc2ccccc21. The monoisotopic (exact) mass is 231 g/mol. The zero-order valence-electron chi connectivity index (χ0n) is 11.1. The third kappa shape index (κ3) is 1.84. The van der Waals surface area contributed by atoms with Crippen LogP contribution >= 0.6 is 0 Å². The Morgan fingerprint density at radius 1 is 1.35 bits per heavy atom. The molecule has 92 valence electrons. The summed E-state index contributed by atoms with van der Waals surface area (Å²) in [6, 6.07) is 8.33. The highest BCUT2D eigenvalue weighted by Gasteiger charge is 2.30. The van der Waals surface area contributed by atoms with Gasteiger partial charge in [-0.3, -0.25) is 0 Å². The first-order valence-electron chi connectivity index (χ1n) is 6.19. The summed E-state index contributed by atoms with van der Waals surface area (Å²) in [7, 11) is 0. The molecule has 2 aromatic rings. The zero-order valence-corrected chi connectivity index (χ0v) is 11.1. The third-order valence-corrected chi connectivity index (χ3v) is 3.69. The third-order valence-electron chi connectivity index (χ3n) is 3.69. The Morgan fingerprint density at radius 2 is 2.00 bits per heavy atom. The van der Waals surface area contributed by atoms with Gasteiger partial charge in [0.1, 0.15) is 5.82 Å². The van der Waals surface area contributed by atoms with Gasteiger partial charge in [-0.2, -0.15) is 0 Å². The molecule has 0 saturated carbocycles. The first kappa shape index (κ1) is 12.1. The quantitative estimate of drug-likeness (QED) is 0.882. The van der Waals surface area contributed by atoms with Crippen LogP contribution in [-0.4, -0.2) is 15.6 Å². The molecule has 0 spiro atoms. The van der Waals surface area contributed by atoms with E-state index in [1.807, 2.05) is 13.0 Å². The topological polar surface area (TPSA) is 43.8 Å². The highest BCUT2D eigenvalue weighted by Crippen LogP contribution is 2.28. The van der Waals surface area contributed by atoms with Gasteiger partial charge in [-0.15, -0.1) is 0 Å². The summed E-state index contributed by atoms with van der Waals surface area (Å²) in [6.07, 6.45) is 0. The molecule has 1 atom stereocenters. The van der Waals surface area contributed by atoms with Crippen molar-refractivity contribution in [3.63, 3.8) is 0 Å². The van der Waals surface area contributed by atoms with Crippen LogP contribution in [0.5, 0.6) is 0 Å². The molecule has 0 amide bonds. The molecule has 1 aromatic carbocycles. The van der Waals surface area contributed by atoms with Gasteiger partial charge in [0, 0.05) is 18.0 Å². The van der Waals surface area contributed by atoms with Crippen molar-refractivity contribution in [2.75, 3.05) is 0 Å². The molecule has 0 fully saturated rings. The Bertz CT molecular complexity index is 523. The lowest BCUT2D eigenvalue weighted by Crippen LogP contribution is -2.40. The van der Waals surface area contributed by atoms with Gasteiger partial charge in [-0.1, -0.05) is 26.0 Å². The van der Waals surface area contributed by atoms with Crippen molar-refractivity contribution in [3.05, 3.63) is 30.1 Å². The number of rotatable bonds is 3. The van der Waals surface area contributed by atoms with Crippen LogP contribution in [0, 0.1) is 0 Å². The Balaban J connectivity index is 2.69. The summed E-state index contributed by atoms with van der Waals surface area (Å²) < 4.78 is 2.26. The number of hydrogen-bond donors (Lipinski definition) is 1. The van der Waals surface area contributed by atoms with Crippen LogP contribution in [0.4, 0.5) is 0 Å². The van der Waals surface area contributed by atoms with Gasteiger partial charge in [-0.05, 0) is 26.0 Å². The lowest BCUT2D eigenvalue weighted by Gasteiger charge is -2.28. The van der Waals surface area contributed by atoms with Crippen molar-refractivity contribution < 1.29 is 0 Å². The maximum Gasteiger partial charge on any atom is 0.117 e. The number of benzene rings is 1. The fourth-order valence-corrected chi connectivity index (χ4v) is 2.09. The molecule has 0 aliphatic heterocycles. The summed E-state index contributed by atoms with van der Waals surface area (Å²) in [5.41, 5.74) is 8.23. The number of nitrogens with two attached hydrogens (primary N) is 1. The van der Waals surface area contributed by atoms with Gasteiger partial charge in [-0.25, -0.2) is 4.98 Å². The molecule has 0 bridgehead atoms. The van der Waals surface area contributed by atoms with E-state index in [2.05, 4.69) is 43.5 Å². The highest BCUT2D eigenvalue weighted by molar-refractivity contribution is 5.76. The van der Waals surface area contributed by atoms with Gasteiger partial charge in [0.05, 0.1) is 11.0 Å². The van der Waals surface area contributed by atoms with Crippen LogP contribution in [0.1, 0.15) is 33.5 Å². The second-order valence-electron chi connectivity index (χ2n) is 5.18. The Kier molecular flexibility index (Phi) is 2.96. The van der Waals surface area contributed by atoms with Crippen LogP contribution in [0.25, 0.3) is 11.0 Å². The minimum Gasteiger partial charge on any atom is -0.328 e. The van der Waals surface area contributed by atoms with E-state index in [1.54, 1.807) is 0 Å². The van der Waals surface area contributed by atoms with E-state index in [1.165, 1.54) is 5.52 Å².